The summed E-state index contributed by atoms with van der Waals surface area (Å²) in [6.07, 6.45) is 0. The fourth-order valence-corrected chi connectivity index (χ4v) is 5.08. The average Bonchev–Trinajstić information content (AvgIpc) is 2.62. The minimum Gasteiger partial charge on any atom is -0.508 e. The molecule has 0 aliphatic carbocycles. The molecule has 0 radical (unpaired) electrons. The number of hydrogen-bond acceptors (Lipinski definition) is 3. The highest BCUT2D eigenvalue weighted by atomic mass is 32.2. The van der Waals surface area contributed by atoms with Gasteiger partial charge in [-0.05, 0) is 60.5 Å². The predicted octanol–water partition coefficient (Wildman–Crippen LogP) is 4.47. The van der Waals surface area contributed by atoms with Gasteiger partial charge in [-0.15, -0.1) is 0 Å². The number of halogens is 1. The molecular weight excluding hydrogens is 353 g/mol. The first-order chi connectivity index (χ1) is 12.4. The number of benzene rings is 3. The van der Waals surface area contributed by atoms with Gasteiger partial charge in [0.25, 0.3) is 10.0 Å². The lowest BCUT2D eigenvalue weighted by atomic mass is 9.90. The van der Waals surface area contributed by atoms with Gasteiger partial charge in [0.15, 0.2) is 0 Å². The number of para-hydroxylation sites is 1. The van der Waals surface area contributed by atoms with Gasteiger partial charge in [-0.2, -0.15) is 0 Å². The van der Waals surface area contributed by atoms with Gasteiger partial charge in [-0.3, -0.25) is 4.31 Å². The number of phenols is 1. The van der Waals surface area contributed by atoms with Gasteiger partial charge < -0.3 is 5.11 Å². The third-order valence-electron chi connectivity index (χ3n) is 4.64. The molecule has 1 aliphatic heterocycles. The molecule has 26 heavy (non-hydrogen) atoms. The maximum absolute atomic E-state index is 13.8. The first-order valence-corrected chi connectivity index (χ1v) is 9.56. The SMILES string of the molecule is C[C@@H]1c2cc(F)ccc2-c2ccccc2N1S(=O)(=O)c1ccc(O)cc1. The van der Waals surface area contributed by atoms with Gasteiger partial charge in [0.1, 0.15) is 11.6 Å². The third kappa shape index (κ3) is 2.45. The maximum Gasteiger partial charge on any atom is 0.264 e. The number of rotatable bonds is 2. The molecule has 1 aliphatic rings. The van der Waals surface area contributed by atoms with E-state index in [1.165, 1.54) is 40.7 Å². The molecule has 1 atom stereocenters. The van der Waals surface area contributed by atoms with Crippen LogP contribution >= 0.6 is 0 Å². The summed E-state index contributed by atoms with van der Waals surface area (Å²) in [5.74, 6) is -0.416. The van der Waals surface area contributed by atoms with Crippen LogP contribution in [0.25, 0.3) is 11.1 Å². The minimum absolute atomic E-state index is 0.0107. The highest BCUT2D eigenvalue weighted by Gasteiger charge is 2.36. The van der Waals surface area contributed by atoms with E-state index < -0.39 is 21.9 Å². The first-order valence-electron chi connectivity index (χ1n) is 8.12. The zero-order valence-electron chi connectivity index (χ0n) is 13.9. The molecule has 132 valence electrons. The van der Waals surface area contributed by atoms with E-state index in [1.807, 2.05) is 12.1 Å². The Labute approximate surface area is 151 Å². The Balaban J connectivity index is 1.96. The lowest BCUT2D eigenvalue weighted by Crippen LogP contribution is -2.36. The quantitative estimate of drug-likeness (QED) is 0.725. The van der Waals surface area contributed by atoms with Crippen LogP contribution in [0.1, 0.15) is 18.5 Å². The molecular formula is C20H16FNO3S. The van der Waals surface area contributed by atoms with Gasteiger partial charge in [-0.1, -0.05) is 24.3 Å². The molecule has 1 N–H and O–H groups in total. The normalized spacial score (nSPS) is 16.1. The summed E-state index contributed by atoms with van der Waals surface area (Å²) in [6, 6.07) is 16.4. The molecule has 6 heteroatoms. The maximum atomic E-state index is 13.8. The van der Waals surface area contributed by atoms with Gasteiger partial charge >= 0.3 is 0 Å². The molecule has 4 rings (SSSR count). The summed E-state index contributed by atoms with van der Waals surface area (Å²) in [5.41, 5.74) is 2.73. The summed E-state index contributed by atoms with van der Waals surface area (Å²) < 4.78 is 41.8. The van der Waals surface area contributed by atoms with Crippen molar-refractivity contribution in [3.63, 3.8) is 0 Å². The number of phenolic OH excluding ortho intramolecular Hbond substituents is 1. The molecule has 3 aromatic rings. The number of fused-ring (bicyclic) bond motifs is 3. The van der Waals surface area contributed by atoms with Crippen molar-refractivity contribution >= 4 is 15.7 Å². The van der Waals surface area contributed by atoms with E-state index in [0.717, 1.165) is 11.1 Å². The van der Waals surface area contributed by atoms with Crippen molar-refractivity contribution in [1.29, 1.82) is 0 Å². The van der Waals surface area contributed by atoms with E-state index >= 15 is 0 Å². The van der Waals surface area contributed by atoms with Crippen molar-refractivity contribution in [2.75, 3.05) is 4.31 Å². The predicted molar refractivity (Wildman–Crippen MR) is 98.0 cm³/mol. The standard InChI is InChI=1S/C20H16FNO3S/c1-13-19-12-14(21)6-11-17(19)18-4-2-3-5-20(18)22(13)26(24,25)16-9-7-15(23)8-10-16/h2-13,23H,1H3/t13-/m1/s1. The van der Waals surface area contributed by atoms with Crippen LogP contribution in [0.4, 0.5) is 10.1 Å². The van der Waals surface area contributed by atoms with Crippen molar-refractivity contribution in [2.24, 2.45) is 0 Å². The van der Waals surface area contributed by atoms with E-state index in [1.54, 1.807) is 25.1 Å². The molecule has 1 heterocycles. The largest absolute Gasteiger partial charge is 0.508 e. The second-order valence-corrected chi connectivity index (χ2v) is 8.03. The number of nitrogens with zero attached hydrogens (tertiary/aromatic N) is 1. The minimum atomic E-state index is -3.90. The van der Waals surface area contributed by atoms with Crippen molar-refractivity contribution in [1.82, 2.24) is 0 Å². The fraction of sp³-hybridized carbons (Fsp3) is 0.100. The smallest absolute Gasteiger partial charge is 0.264 e. The molecule has 0 saturated carbocycles. The summed E-state index contributed by atoms with van der Waals surface area (Å²) in [5, 5.41) is 9.45. The van der Waals surface area contributed by atoms with Crippen molar-refractivity contribution < 1.29 is 17.9 Å². The van der Waals surface area contributed by atoms with Crippen LogP contribution < -0.4 is 4.31 Å². The molecule has 0 spiro atoms. The molecule has 0 unspecified atom stereocenters. The lowest BCUT2D eigenvalue weighted by Gasteiger charge is -2.37. The van der Waals surface area contributed by atoms with E-state index in [-0.39, 0.29) is 10.6 Å². The second-order valence-electron chi connectivity index (χ2n) is 6.22. The summed E-state index contributed by atoms with van der Waals surface area (Å²) in [7, 11) is -3.90. The van der Waals surface area contributed by atoms with Crippen LogP contribution in [-0.4, -0.2) is 13.5 Å². The average molecular weight is 369 g/mol. The molecule has 3 aromatic carbocycles. The third-order valence-corrected chi connectivity index (χ3v) is 6.54. The number of anilines is 1. The Kier molecular flexibility index (Phi) is 3.73. The van der Waals surface area contributed by atoms with Crippen LogP contribution in [0.2, 0.25) is 0 Å². The van der Waals surface area contributed by atoms with E-state index in [9.17, 15) is 17.9 Å². The molecule has 0 bridgehead atoms. The zero-order chi connectivity index (χ0) is 18.5. The van der Waals surface area contributed by atoms with E-state index in [4.69, 9.17) is 0 Å². The van der Waals surface area contributed by atoms with Crippen molar-refractivity contribution in [3.8, 4) is 16.9 Å². The van der Waals surface area contributed by atoms with E-state index in [2.05, 4.69) is 0 Å². The second kappa shape index (κ2) is 5.85. The highest BCUT2D eigenvalue weighted by molar-refractivity contribution is 7.92. The van der Waals surface area contributed by atoms with Crippen LogP contribution in [-0.2, 0) is 10.0 Å². The number of sulfonamides is 1. The number of aromatic hydroxyl groups is 1. The Bertz CT molecular complexity index is 1090. The summed E-state index contributed by atoms with van der Waals surface area (Å²) >= 11 is 0. The highest BCUT2D eigenvalue weighted by Crippen LogP contribution is 2.47. The molecule has 4 nitrogen and oxygen atoms in total. The van der Waals surface area contributed by atoms with E-state index in [0.29, 0.717) is 11.3 Å². The van der Waals surface area contributed by atoms with Crippen LogP contribution in [0.5, 0.6) is 5.75 Å². The van der Waals surface area contributed by atoms with Gasteiger partial charge in [0, 0.05) is 5.56 Å². The fourth-order valence-electron chi connectivity index (χ4n) is 3.42. The van der Waals surface area contributed by atoms with Crippen molar-refractivity contribution in [2.45, 2.75) is 17.9 Å². The molecule has 0 fully saturated rings. The van der Waals surface area contributed by atoms with Crippen LogP contribution in [0.3, 0.4) is 0 Å². The zero-order valence-corrected chi connectivity index (χ0v) is 14.7. The van der Waals surface area contributed by atoms with Gasteiger partial charge in [-0.25, -0.2) is 12.8 Å². The van der Waals surface area contributed by atoms with Crippen LogP contribution in [0, 0.1) is 5.82 Å². The number of hydrogen-bond donors (Lipinski definition) is 1. The van der Waals surface area contributed by atoms with Gasteiger partial charge in [0.2, 0.25) is 0 Å². The van der Waals surface area contributed by atoms with Crippen molar-refractivity contribution in [3.05, 3.63) is 78.1 Å². The van der Waals surface area contributed by atoms with Gasteiger partial charge in [0.05, 0.1) is 16.6 Å². The monoisotopic (exact) mass is 369 g/mol. The first kappa shape index (κ1) is 16.6. The lowest BCUT2D eigenvalue weighted by molar-refractivity contribution is 0.474. The Morgan fingerprint density at radius 2 is 1.65 bits per heavy atom. The summed E-state index contributed by atoms with van der Waals surface area (Å²) in [6.45, 7) is 1.74. The molecule has 0 amide bonds. The Morgan fingerprint density at radius 1 is 0.962 bits per heavy atom. The Hall–Kier alpha value is -2.86. The molecule has 0 aromatic heterocycles. The molecule has 0 saturated heterocycles. The topological polar surface area (TPSA) is 57.6 Å². The van der Waals surface area contributed by atoms with Crippen LogP contribution in [0.15, 0.2) is 71.6 Å². The Morgan fingerprint density at radius 3 is 2.38 bits per heavy atom. The summed E-state index contributed by atoms with van der Waals surface area (Å²) in [4.78, 5) is 0.0665.